The zero-order valence-electron chi connectivity index (χ0n) is 11.1. The van der Waals surface area contributed by atoms with E-state index < -0.39 is 5.97 Å². The zero-order chi connectivity index (χ0) is 13.8. The van der Waals surface area contributed by atoms with E-state index in [0.29, 0.717) is 0 Å². The molecule has 19 heavy (non-hydrogen) atoms. The highest BCUT2D eigenvalue weighted by Gasteiger charge is 2.15. The Morgan fingerprint density at radius 3 is 2.74 bits per heavy atom. The lowest BCUT2D eigenvalue weighted by molar-refractivity contribution is -0.136. The van der Waals surface area contributed by atoms with Gasteiger partial charge in [-0.05, 0) is 30.2 Å². The smallest absolute Gasteiger partial charge is 0.307 e. The first kappa shape index (κ1) is 13.4. The number of carboxylic acid groups (broad SMARTS) is 1. The zero-order valence-corrected chi connectivity index (χ0v) is 11.1. The summed E-state index contributed by atoms with van der Waals surface area (Å²) < 4.78 is 0. The molecule has 1 aromatic carbocycles. The highest BCUT2D eigenvalue weighted by molar-refractivity contribution is 5.72. The van der Waals surface area contributed by atoms with Gasteiger partial charge >= 0.3 is 5.97 Å². The monoisotopic (exact) mass is 258 g/mol. The molecule has 1 heterocycles. The summed E-state index contributed by atoms with van der Waals surface area (Å²) in [7, 11) is 0. The van der Waals surface area contributed by atoms with Crippen molar-refractivity contribution >= 4 is 11.7 Å². The van der Waals surface area contributed by atoms with Crippen LogP contribution in [0.4, 0.5) is 5.69 Å². The average molecular weight is 258 g/mol. The fourth-order valence-electron chi connectivity index (χ4n) is 2.36. The van der Waals surface area contributed by atoms with Crippen molar-refractivity contribution in [1.82, 2.24) is 5.32 Å². The Balaban J connectivity index is 2.38. The molecule has 1 fully saturated rings. The third kappa shape index (κ3) is 3.07. The molecule has 0 radical (unpaired) electrons. The van der Waals surface area contributed by atoms with Crippen LogP contribution >= 0.6 is 0 Å². The molecule has 0 aromatic heterocycles. The number of hydrogen-bond acceptors (Lipinski definition) is 3. The van der Waals surface area contributed by atoms with Gasteiger partial charge in [-0.3, -0.25) is 4.79 Å². The molecular weight excluding hydrogens is 240 g/mol. The molecule has 0 saturated carbocycles. The van der Waals surface area contributed by atoms with Crippen LogP contribution in [0.2, 0.25) is 0 Å². The summed E-state index contributed by atoms with van der Waals surface area (Å²) in [6, 6.07) is 3.93. The first-order valence-corrected chi connectivity index (χ1v) is 6.39. The Labute approximate surface area is 113 Å². The van der Waals surface area contributed by atoms with Gasteiger partial charge in [0.05, 0.1) is 6.42 Å². The Bertz CT molecular complexity index is 526. The molecule has 1 aliphatic heterocycles. The molecular formula is C15H18N2O2. The minimum atomic E-state index is -0.830. The van der Waals surface area contributed by atoms with Crippen molar-refractivity contribution < 1.29 is 9.90 Å². The van der Waals surface area contributed by atoms with Crippen LogP contribution in [0.3, 0.4) is 0 Å². The molecule has 0 unspecified atom stereocenters. The molecule has 0 spiro atoms. The van der Waals surface area contributed by atoms with Gasteiger partial charge in [0, 0.05) is 37.4 Å². The van der Waals surface area contributed by atoms with Crippen molar-refractivity contribution in [2.75, 3.05) is 31.1 Å². The number of benzene rings is 1. The maximum atomic E-state index is 10.9. The highest BCUT2D eigenvalue weighted by Crippen LogP contribution is 2.24. The second-order valence-corrected chi connectivity index (χ2v) is 4.73. The normalized spacial score (nSPS) is 15.1. The van der Waals surface area contributed by atoms with Gasteiger partial charge in [-0.2, -0.15) is 0 Å². The van der Waals surface area contributed by atoms with E-state index in [1.807, 2.05) is 19.1 Å². The standard InChI is InChI=1S/C15H18N2O2/c1-3-12-8-14(17-6-4-16-5-7-17)9-13(11(12)2)10-15(18)19/h1,8-9,16H,4-7,10H2,2H3,(H,18,19). The van der Waals surface area contributed by atoms with E-state index in [9.17, 15) is 4.79 Å². The Hall–Kier alpha value is -1.99. The topological polar surface area (TPSA) is 52.6 Å². The number of nitrogens with zero attached hydrogens (tertiary/aromatic N) is 1. The van der Waals surface area contributed by atoms with E-state index in [4.69, 9.17) is 11.5 Å². The molecule has 0 atom stereocenters. The van der Waals surface area contributed by atoms with Crippen molar-refractivity contribution in [2.45, 2.75) is 13.3 Å². The second kappa shape index (κ2) is 5.77. The number of piperazine rings is 1. The SMILES string of the molecule is C#Cc1cc(N2CCNCC2)cc(CC(=O)O)c1C. The number of terminal acetylenes is 1. The fourth-order valence-corrected chi connectivity index (χ4v) is 2.36. The van der Waals surface area contributed by atoms with Gasteiger partial charge in [0.1, 0.15) is 0 Å². The molecule has 0 bridgehead atoms. The van der Waals surface area contributed by atoms with Crippen LogP contribution in [0.1, 0.15) is 16.7 Å². The summed E-state index contributed by atoms with van der Waals surface area (Å²) in [5.41, 5.74) is 3.50. The minimum Gasteiger partial charge on any atom is -0.481 e. The summed E-state index contributed by atoms with van der Waals surface area (Å²) in [5, 5.41) is 12.3. The molecule has 4 nitrogen and oxygen atoms in total. The summed E-state index contributed by atoms with van der Waals surface area (Å²) in [5.74, 6) is 1.82. The number of nitrogens with one attached hydrogen (secondary N) is 1. The van der Waals surface area contributed by atoms with E-state index in [2.05, 4.69) is 16.1 Å². The predicted molar refractivity (Wildman–Crippen MR) is 75.5 cm³/mol. The van der Waals surface area contributed by atoms with E-state index >= 15 is 0 Å². The van der Waals surface area contributed by atoms with Crippen LogP contribution in [-0.4, -0.2) is 37.3 Å². The van der Waals surface area contributed by atoms with Gasteiger partial charge in [-0.1, -0.05) is 5.92 Å². The highest BCUT2D eigenvalue weighted by atomic mass is 16.4. The van der Waals surface area contributed by atoms with Gasteiger partial charge in [-0.25, -0.2) is 0 Å². The predicted octanol–water partition coefficient (Wildman–Crippen LogP) is 1.01. The lowest BCUT2D eigenvalue weighted by Crippen LogP contribution is -2.43. The Morgan fingerprint density at radius 1 is 1.47 bits per heavy atom. The average Bonchev–Trinajstić information content (AvgIpc) is 2.41. The number of rotatable bonds is 3. The molecule has 1 aromatic rings. The largest absolute Gasteiger partial charge is 0.481 e. The number of anilines is 1. The van der Waals surface area contributed by atoms with Gasteiger partial charge in [0.15, 0.2) is 0 Å². The van der Waals surface area contributed by atoms with Crippen molar-refractivity contribution in [3.63, 3.8) is 0 Å². The maximum absolute atomic E-state index is 10.9. The second-order valence-electron chi connectivity index (χ2n) is 4.73. The van der Waals surface area contributed by atoms with E-state index in [1.165, 1.54) is 0 Å². The molecule has 1 aliphatic rings. The molecule has 1 saturated heterocycles. The Kier molecular flexibility index (Phi) is 4.08. The van der Waals surface area contributed by atoms with Crippen LogP contribution in [0.5, 0.6) is 0 Å². The Morgan fingerprint density at radius 2 is 2.16 bits per heavy atom. The molecule has 2 rings (SSSR count). The molecule has 100 valence electrons. The van der Waals surface area contributed by atoms with Gasteiger partial charge < -0.3 is 15.3 Å². The van der Waals surface area contributed by atoms with E-state index in [0.717, 1.165) is 48.6 Å². The van der Waals surface area contributed by atoms with Gasteiger partial charge in [0.25, 0.3) is 0 Å². The first-order valence-electron chi connectivity index (χ1n) is 6.39. The first-order chi connectivity index (χ1) is 9.11. The number of carboxylic acids is 1. The van der Waals surface area contributed by atoms with Crippen molar-refractivity contribution in [3.05, 3.63) is 28.8 Å². The maximum Gasteiger partial charge on any atom is 0.307 e. The van der Waals surface area contributed by atoms with Gasteiger partial charge in [-0.15, -0.1) is 6.42 Å². The summed E-state index contributed by atoms with van der Waals surface area (Å²) in [6.07, 6.45) is 5.53. The molecule has 0 aliphatic carbocycles. The van der Waals surface area contributed by atoms with Crippen LogP contribution in [0, 0.1) is 19.3 Å². The van der Waals surface area contributed by atoms with Crippen molar-refractivity contribution in [1.29, 1.82) is 0 Å². The molecule has 4 heteroatoms. The lowest BCUT2D eigenvalue weighted by Gasteiger charge is -2.30. The third-order valence-electron chi connectivity index (χ3n) is 3.48. The van der Waals surface area contributed by atoms with E-state index in [1.54, 1.807) is 0 Å². The molecule has 2 N–H and O–H groups in total. The fraction of sp³-hybridized carbons (Fsp3) is 0.400. The van der Waals surface area contributed by atoms with Crippen molar-refractivity contribution in [2.24, 2.45) is 0 Å². The van der Waals surface area contributed by atoms with Crippen LogP contribution < -0.4 is 10.2 Å². The van der Waals surface area contributed by atoms with Crippen LogP contribution in [0.25, 0.3) is 0 Å². The summed E-state index contributed by atoms with van der Waals surface area (Å²) >= 11 is 0. The van der Waals surface area contributed by atoms with Crippen molar-refractivity contribution in [3.8, 4) is 12.3 Å². The lowest BCUT2D eigenvalue weighted by atomic mass is 9.98. The number of aliphatic carboxylic acids is 1. The summed E-state index contributed by atoms with van der Waals surface area (Å²) in [6.45, 7) is 5.59. The number of hydrogen-bond donors (Lipinski definition) is 2. The summed E-state index contributed by atoms with van der Waals surface area (Å²) in [4.78, 5) is 13.2. The van der Waals surface area contributed by atoms with Gasteiger partial charge in [0.2, 0.25) is 0 Å². The van der Waals surface area contributed by atoms with E-state index in [-0.39, 0.29) is 6.42 Å². The number of carbonyl (C=O) groups is 1. The third-order valence-corrected chi connectivity index (χ3v) is 3.48. The molecule has 0 amide bonds. The minimum absolute atomic E-state index is 0.0143. The van der Waals surface area contributed by atoms with Crippen LogP contribution in [0.15, 0.2) is 12.1 Å². The van der Waals surface area contributed by atoms with Crippen LogP contribution in [-0.2, 0) is 11.2 Å². The quantitative estimate of drug-likeness (QED) is 0.795.